The molecular weight excluding hydrogens is 338 g/mol. The third kappa shape index (κ3) is 3.93. The summed E-state index contributed by atoms with van der Waals surface area (Å²) >= 11 is 3.34. The highest BCUT2D eigenvalue weighted by Gasteiger charge is 2.35. The molecule has 21 heavy (non-hydrogen) atoms. The van der Waals surface area contributed by atoms with Crippen LogP contribution in [0, 0.1) is 0 Å². The van der Waals surface area contributed by atoms with E-state index in [0.717, 1.165) is 10.9 Å². The number of aromatic nitrogens is 1. The summed E-state index contributed by atoms with van der Waals surface area (Å²) in [5, 5.41) is 6.00. The average Bonchev–Trinajstić information content (AvgIpc) is 2.96. The van der Waals surface area contributed by atoms with Crippen LogP contribution in [0.2, 0.25) is 0 Å². The van der Waals surface area contributed by atoms with E-state index < -0.39 is 5.60 Å². The van der Waals surface area contributed by atoms with Crippen molar-refractivity contribution in [3.05, 3.63) is 22.3 Å². The van der Waals surface area contributed by atoms with Gasteiger partial charge in [-0.15, -0.1) is 0 Å². The highest BCUT2D eigenvalue weighted by Crippen LogP contribution is 2.22. The Labute approximate surface area is 132 Å². The van der Waals surface area contributed by atoms with Crippen molar-refractivity contribution in [3.63, 3.8) is 0 Å². The molecule has 116 valence electrons. The van der Waals surface area contributed by atoms with Gasteiger partial charge in [-0.05, 0) is 28.9 Å². The normalized spacial score (nSPS) is 21.3. The number of nitrogens with zero attached hydrogens (tertiary/aromatic N) is 1. The summed E-state index contributed by atoms with van der Waals surface area (Å²) < 4.78 is 11.6. The number of methoxy groups -OCH3 is 1. The van der Waals surface area contributed by atoms with Crippen molar-refractivity contribution in [2.75, 3.05) is 38.7 Å². The second kappa shape index (κ2) is 7.20. The summed E-state index contributed by atoms with van der Waals surface area (Å²) in [6.07, 6.45) is 2.44. The molecule has 0 radical (unpaired) electrons. The molecule has 6 nitrogen and oxygen atoms in total. The zero-order chi connectivity index (χ0) is 15.3. The van der Waals surface area contributed by atoms with Crippen LogP contribution in [0.5, 0.6) is 0 Å². The van der Waals surface area contributed by atoms with Gasteiger partial charge in [0.2, 0.25) is 0 Å². The maximum absolute atomic E-state index is 12.4. The van der Waals surface area contributed by atoms with Gasteiger partial charge in [0.1, 0.15) is 11.4 Å². The standard InChI is InChI=1S/C14H20BrN3O3/c1-3-16-12-11(6-10(15)7-17-12)13(19)18-8-14(20-2)4-5-21-9-14/h6-7H,3-5,8-9H2,1-2H3,(H,16,17)(H,18,19). The van der Waals surface area contributed by atoms with Crippen LogP contribution in [0.1, 0.15) is 23.7 Å². The lowest BCUT2D eigenvalue weighted by molar-refractivity contribution is -0.0148. The first kappa shape index (κ1) is 16.2. The Bertz CT molecular complexity index is 504. The monoisotopic (exact) mass is 357 g/mol. The van der Waals surface area contributed by atoms with Crippen LogP contribution in [-0.4, -0.2) is 49.9 Å². The molecule has 1 aromatic rings. The number of ether oxygens (including phenoxy) is 2. The van der Waals surface area contributed by atoms with Crippen LogP contribution in [0.4, 0.5) is 5.82 Å². The van der Waals surface area contributed by atoms with Crippen LogP contribution in [0.3, 0.4) is 0 Å². The summed E-state index contributed by atoms with van der Waals surface area (Å²) in [5.41, 5.74) is 0.0874. The lowest BCUT2D eigenvalue weighted by Crippen LogP contribution is -2.45. The SMILES string of the molecule is CCNc1ncc(Br)cc1C(=O)NCC1(OC)CCOC1. The lowest BCUT2D eigenvalue weighted by atomic mass is 10.0. The molecule has 1 aromatic heterocycles. The molecular formula is C14H20BrN3O3. The number of amides is 1. The van der Waals surface area contributed by atoms with Crippen molar-refractivity contribution in [2.24, 2.45) is 0 Å². The molecule has 0 spiro atoms. The molecule has 1 saturated heterocycles. The first-order valence-electron chi connectivity index (χ1n) is 6.91. The molecule has 0 aromatic carbocycles. The maximum atomic E-state index is 12.4. The average molecular weight is 358 g/mol. The van der Waals surface area contributed by atoms with E-state index >= 15 is 0 Å². The van der Waals surface area contributed by atoms with Gasteiger partial charge in [-0.3, -0.25) is 4.79 Å². The summed E-state index contributed by atoms with van der Waals surface area (Å²) in [4.78, 5) is 16.6. The van der Waals surface area contributed by atoms with Gasteiger partial charge in [0, 0.05) is 43.9 Å². The van der Waals surface area contributed by atoms with Crippen molar-refractivity contribution in [1.29, 1.82) is 0 Å². The molecule has 1 aliphatic rings. The van der Waals surface area contributed by atoms with Crippen molar-refractivity contribution in [3.8, 4) is 0 Å². The third-order valence-corrected chi connectivity index (χ3v) is 3.95. The number of anilines is 1. The topological polar surface area (TPSA) is 72.5 Å². The van der Waals surface area contributed by atoms with Crippen LogP contribution in [-0.2, 0) is 9.47 Å². The molecule has 2 heterocycles. The number of nitrogens with one attached hydrogen (secondary N) is 2. The summed E-state index contributed by atoms with van der Waals surface area (Å²) in [7, 11) is 1.64. The van der Waals surface area contributed by atoms with Crippen LogP contribution >= 0.6 is 15.9 Å². The van der Waals surface area contributed by atoms with Gasteiger partial charge in [-0.25, -0.2) is 4.98 Å². The fourth-order valence-corrected chi connectivity index (χ4v) is 2.55. The smallest absolute Gasteiger partial charge is 0.255 e. The fraction of sp³-hybridized carbons (Fsp3) is 0.571. The number of carbonyl (C=O) groups is 1. The van der Waals surface area contributed by atoms with E-state index in [2.05, 4.69) is 31.5 Å². The van der Waals surface area contributed by atoms with E-state index in [9.17, 15) is 4.79 Å². The Morgan fingerprint density at radius 1 is 1.62 bits per heavy atom. The van der Waals surface area contributed by atoms with E-state index in [-0.39, 0.29) is 5.91 Å². The van der Waals surface area contributed by atoms with Crippen molar-refractivity contribution < 1.29 is 14.3 Å². The zero-order valence-corrected chi connectivity index (χ0v) is 13.8. The lowest BCUT2D eigenvalue weighted by Gasteiger charge is -2.26. The largest absolute Gasteiger partial charge is 0.378 e. The minimum absolute atomic E-state index is 0.178. The molecule has 2 N–H and O–H groups in total. The third-order valence-electron chi connectivity index (χ3n) is 3.51. The quantitative estimate of drug-likeness (QED) is 0.812. The minimum atomic E-state index is -0.423. The molecule has 0 aliphatic carbocycles. The zero-order valence-electron chi connectivity index (χ0n) is 12.2. The molecule has 0 saturated carbocycles. The first-order chi connectivity index (χ1) is 10.1. The van der Waals surface area contributed by atoms with E-state index in [0.29, 0.717) is 37.7 Å². The van der Waals surface area contributed by atoms with Gasteiger partial charge < -0.3 is 20.1 Å². The first-order valence-corrected chi connectivity index (χ1v) is 7.70. The number of halogens is 1. The molecule has 0 bridgehead atoms. The minimum Gasteiger partial charge on any atom is -0.378 e. The van der Waals surface area contributed by atoms with Gasteiger partial charge in [-0.2, -0.15) is 0 Å². The van der Waals surface area contributed by atoms with Crippen LogP contribution in [0.15, 0.2) is 16.7 Å². The summed E-state index contributed by atoms with van der Waals surface area (Å²) in [6.45, 7) is 4.23. The summed E-state index contributed by atoms with van der Waals surface area (Å²) in [6, 6.07) is 1.75. The summed E-state index contributed by atoms with van der Waals surface area (Å²) in [5.74, 6) is 0.399. The molecule has 1 fully saturated rings. The molecule has 1 aliphatic heterocycles. The Balaban J connectivity index is 2.07. The fourth-order valence-electron chi connectivity index (χ4n) is 2.22. The molecule has 2 rings (SSSR count). The highest BCUT2D eigenvalue weighted by molar-refractivity contribution is 9.10. The van der Waals surface area contributed by atoms with Gasteiger partial charge >= 0.3 is 0 Å². The molecule has 1 amide bonds. The molecule has 7 heteroatoms. The van der Waals surface area contributed by atoms with Gasteiger partial charge in [-0.1, -0.05) is 0 Å². The van der Waals surface area contributed by atoms with Crippen LogP contribution < -0.4 is 10.6 Å². The number of rotatable bonds is 6. The van der Waals surface area contributed by atoms with Gasteiger partial charge in [0.05, 0.1) is 12.2 Å². The Morgan fingerprint density at radius 2 is 2.43 bits per heavy atom. The molecule has 1 atom stereocenters. The second-order valence-electron chi connectivity index (χ2n) is 4.95. The van der Waals surface area contributed by atoms with Gasteiger partial charge in [0.15, 0.2) is 0 Å². The molecule has 1 unspecified atom stereocenters. The van der Waals surface area contributed by atoms with Crippen molar-refractivity contribution in [1.82, 2.24) is 10.3 Å². The second-order valence-corrected chi connectivity index (χ2v) is 5.87. The predicted octanol–water partition coefficient (Wildman–Crippen LogP) is 1.81. The predicted molar refractivity (Wildman–Crippen MR) is 83.6 cm³/mol. The van der Waals surface area contributed by atoms with E-state index in [4.69, 9.17) is 9.47 Å². The van der Waals surface area contributed by atoms with Crippen molar-refractivity contribution in [2.45, 2.75) is 18.9 Å². The Kier molecular flexibility index (Phi) is 5.55. The van der Waals surface area contributed by atoms with Gasteiger partial charge in [0.25, 0.3) is 5.91 Å². The number of hydrogen-bond acceptors (Lipinski definition) is 5. The highest BCUT2D eigenvalue weighted by atomic mass is 79.9. The van der Waals surface area contributed by atoms with E-state index in [1.807, 2.05) is 6.92 Å². The Morgan fingerprint density at radius 3 is 3.05 bits per heavy atom. The number of hydrogen-bond donors (Lipinski definition) is 2. The maximum Gasteiger partial charge on any atom is 0.255 e. The van der Waals surface area contributed by atoms with E-state index in [1.54, 1.807) is 19.4 Å². The van der Waals surface area contributed by atoms with E-state index in [1.165, 1.54) is 0 Å². The van der Waals surface area contributed by atoms with Crippen LogP contribution in [0.25, 0.3) is 0 Å². The number of carbonyl (C=O) groups excluding carboxylic acids is 1. The van der Waals surface area contributed by atoms with Crippen molar-refractivity contribution >= 4 is 27.7 Å². The Hall–Kier alpha value is -1.18. The number of pyridine rings is 1.